The van der Waals surface area contributed by atoms with E-state index in [0.717, 1.165) is 72.6 Å². The second kappa shape index (κ2) is 8.42. The van der Waals surface area contributed by atoms with Gasteiger partial charge in [-0.15, -0.1) is 0 Å². The molecule has 0 radical (unpaired) electrons. The lowest BCUT2D eigenvalue weighted by Gasteiger charge is -2.22. The Morgan fingerprint density at radius 1 is 1.17 bits per heavy atom. The third-order valence-electron chi connectivity index (χ3n) is 6.75. The number of carbonyl (C=O) groups is 1. The minimum atomic E-state index is -0.653. The normalized spacial score (nSPS) is 16.6. The third-order valence-corrected chi connectivity index (χ3v) is 6.75. The molecule has 5 heterocycles. The lowest BCUT2D eigenvalue weighted by Crippen LogP contribution is -2.20. The quantitative estimate of drug-likeness (QED) is 0.436. The topological polar surface area (TPSA) is 139 Å². The fourth-order valence-electron chi connectivity index (χ4n) is 4.63. The number of hydrogen-bond acceptors (Lipinski definition) is 8. The van der Waals surface area contributed by atoms with Crippen LogP contribution in [0.3, 0.4) is 0 Å². The van der Waals surface area contributed by atoms with Crippen LogP contribution in [0.5, 0.6) is 0 Å². The van der Waals surface area contributed by atoms with E-state index in [4.69, 9.17) is 25.5 Å². The second-order valence-corrected chi connectivity index (χ2v) is 9.28. The molecule has 35 heavy (non-hydrogen) atoms. The van der Waals surface area contributed by atoms with Gasteiger partial charge in [0.05, 0.1) is 46.9 Å². The number of primary amides is 1. The number of carbonyl (C=O) groups excluding carboxylic acids is 1. The molecule has 0 spiro atoms. The molecule has 180 valence electrons. The monoisotopic (exact) mass is 473 g/mol. The highest BCUT2D eigenvalue weighted by atomic mass is 16.5. The van der Waals surface area contributed by atoms with Gasteiger partial charge in [-0.3, -0.25) is 14.5 Å². The standard InChI is InChI=1S/C24H27N9O2/c1-13-17(11-33(31-13)15-5-7-35-8-6-15)28-24-22(23(25)34)29-21(19(30-24)14-3-4-14)16-9-26-10-18-20(16)27-12-32(18)2/h9-12,14-15H,3-8H2,1-2H3,(H2,25,34)(H,28,30). The fraction of sp³-hybridized carbons (Fsp3) is 0.417. The molecular formula is C24H27N9O2. The smallest absolute Gasteiger partial charge is 0.271 e. The number of aryl methyl sites for hydroxylation is 2. The van der Waals surface area contributed by atoms with Crippen molar-refractivity contribution in [2.45, 2.75) is 44.6 Å². The Morgan fingerprint density at radius 3 is 2.71 bits per heavy atom. The molecule has 6 rings (SSSR count). The first-order valence-corrected chi connectivity index (χ1v) is 11.9. The third kappa shape index (κ3) is 3.91. The summed E-state index contributed by atoms with van der Waals surface area (Å²) in [5.74, 6) is -0.0387. The molecule has 2 aliphatic rings. The number of imidazole rings is 1. The highest BCUT2D eigenvalue weighted by Crippen LogP contribution is 2.44. The van der Waals surface area contributed by atoms with Gasteiger partial charge in [-0.25, -0.2) is 15.0 Å². The zero-order valence-corrected chi connectivity index (χ0v) is 19.7. The van der Waals surface area contributed by atoms with Gasteiger partial charge in [0.1, 0.15) is 5.52 Å². The molecule has 1 saturated carbocycles. The van der Waals surface area contributed by atoms with Gasteiger partial charge in [0.2, 0.25) is 0 Å². The van der Waals surface area contributed by atoms with E-state index in [1.807, 2.05) is 29.4 Å². The number of amides is 1. The Labute approximate surface area is 201 Å². The Morgan fingerprint density at radius 2 is 1.97 bits per heavy atom. The van der Waals surface area contributed by atoms with Gasteiger partial charge < -0.3 is 20.4 Å². The Hall–Kier alpha value is -3.86. The number of hydrogen-bond donors (Lipinski definition) is 2. The number of aromatic nitrogens is 7. The number of ether oxygens (including phenoxy) is 1. The molecule has 2 fully saturated rings. The van der Waals surface area contributed by atoms with E-state index in [1.165, 1.54) is 0 Å². The average Bonchev–Trinajstić information content (AvgIpc) is 3.56. The fourth-order valence-corrected chi connectivity index (χ4v) is 4.63. The number of rotatable bonds is 6. The Kier molecular flexibility index (Phi) is 5.21. The summed E-state index contributed by atoms with van der Waals surface area (Å²) in [5.41, 5.74) is 11.3. The summed E-state index contributed by atoms with van der Waals surface area (Å²) in [5, 5.41) is 7.99. The SMILES string of the molecule is Cc1nn(C2CCOCC2)cc1Nc1nc(C2CC2)c(-c2cncc3c2ncn3C)nc1C(N)=O. The molecule has 0 unspecified atom stereocenters. The van der Waals surface area contributed by atoms with Crippen LogP contribution in [0.15, 0.2) is 24.9 Å². The first-order valence-electron chi connectivity index (χ1n) is 11.9. The van der Waals surface area contributed by atoms with Gasteiger partial charge in [-0.2, -0.15) is 5.10 Å². The zero-order chi connectivity index (χ0) is 24.1. The molecule has 1 amide bonds. The molecule has 11 nitrogen and oxygen atoms in total. The van der Waals surface area contributed by atoms with Crippen LogP contribution in [-0.4, -0.2) is 53.4 Å². The molecule has 11 heteroatoms. The predicted molar refractivity (Wildman–Crippen MR) is 129 cm³/mol. The Bertz CT molecular complexity index is 1430. The molecule has 1 saturated heterocycles. The lowest BCUT2D eigenvalue weighted by atomic mass is 10.1. The maximum atomic E-state index is 12.5. The largest absolute Gasteiger partial charge is 0.381 e. The molecule has 0 bridgehead atoms. The van der Waals surface area contributed by atoms with Gasteiger partial charge in [-0.1, -0.05) is 0 Å². The van der Waals surface area contributed by atoms with E-state index >= 15 is 0 Å². The predicted octanol–water partition coefficient (Wildman–Crippen LogP) is 3.00. The number of nitrogens with one attached hydrogen (secondary N) is 1. The van der Waals surface area contributed by atoms with Crippen LogP contribution in [0.2, 0.25) is 0 Å². The van der Waals surface area contributed by atoms with Gasteiger partial charge in [-0.05, 0) is 32.6 Å². The number of anilines is 2. The molecule has 4 aromatic heterocycles. The molecule has 1 aliphatic carbocycles. The van der Waals surface area contributed by atoms with Crippen molar-refractivity contribution >= 4 is 28.4 Å². The van der Waals surface area contributed by atoms with Gasteiger partial charge in [0, 0.05) is 44.1 Å². The van der Waals surface area contributed by atoms with E-state index in [0.29, 0.717) is 11.5 Å². The second-order valence-electron chi connectivity index (χ2n) is 9.28. The van der Waals surface area contributed by atoms with Gasteiger partial charge in [0.25, 0.3) is 5.91 Å². The molecular weight excluding hydrogens is 446 g/mol. The van der Waals surface area contributed by atoms with Crippen molar-refractivity contribution in [1.29, 1.82) is 0 Å². The summed E-state index contributed by atoms with van der Waals surface area (Å²) in [4.78, 5) is 31.1. The van der Waals surface area contributed by atoms with Gasteiger partial charge >= 0.3 is 0 Å². The number of pyridine rings is 1. The van der Waals surface area contributed by atoms with Crippen molar-refractivity contribution in [1.82, 2.24) is 34.3 Å². The molecule has 0 aromatic carbocycles. The number of nitrogens with two attached hydrogens (primary N) is 1. The molecule has 1 aliphatic heterocycles. The van der Waals surface area contributed by atoms with Crippen molar-refractivity contribution in [2.75, 3.05) is 18.5 Å². The minimum Gasteiger partial charge on any atom is -0.381 e. The van der Waals surface area contributed by atoms with E-state index in [1.54, 1.807) is 18.7 Å². The van der Waals surface area contributed by atoms with Gasteiger partial charge in [0.15, 0.2) is 11.5 Å². The highest BCUT2D eigenvalue weighted by Gasteiger charge is 2.32. The summed E-state index contributed by atoms with van der Waals surface area (Å²) in [6, 6.07) is 0.287. The first kappa shape index (κ1) is 21.7. The highest BCUT2D eigenvalue weighted by molar-refractivity contribution is 5.98. The van der Waals surface area contributed by atoms with E-state index in [2.05, 4.69) is 15.3 Å². The van der Waals surface area contributed by atoms with Crippen LogP contribution in [0.4, 0.5) is 11.5 Å². The molecule has 3 N–H and O–H groups in total. The van der Waals surface area contributed by atoms with E-state index in [-0.39, 0.29) is 17.7 Å². The van der Waals surface area contributed by atoms with Crippen LogP contribution in [0.25, 0.3) is 22.3 Å². The van der Waals surface area contributed by atoms with Crippen molar-refractivity contribution < 1.29 is 9.53 Å². The molecule has 0 atom stereocenters. The maximum Gasteiger partial charge on any atom is 0.271 e. The number of nitrogens with zero attached hydrogens (tertiary/aromatic N) is 7. The Balaban J connectivity index is 1.43. The van der Waals surface area contributed by atoms with Crippen molar-refractivity contribution in [3.8, 4) is 11.3 Å². The van der Waals surface area contributed by atoms with Crippen LogP contribution < -0.4 is 11.1 Å². The number of fused-ring (bicyclic) bond motifs is 1. The molecule has 4 aromatic rings. The summed E-state index contributed by atoms with van der Waals surface area (Å²) >= 11 is 0. The van der Waals surface area contributed by atoms with Crippen molar-refractivity contribution in [3.63, 3.8) is 0 Å². The van der Waals surface area contributed by atoms with E-state index < -0.39 is 5.91 Å². The minimum absolute atomic E-state index is 0.0792. The summed E-state index contributed by atoms with van der Waals surface area (Å²) in [6.45, 7) is 3.39. The maximum absolute atomic E-state index is 12.5. The van der Waals surface area contributed by atoms with E-state index in [9.17, 15) is 4.79 Å². The van der Waals surface area contributed by atoms with Crippen LogP contribution in [0.1, 0.15) is 59.5 Å². The average molecular weight is 474 g/mol. The summed E-state index contributed by atoms with van der Waals surface area (Å²) < 4.78 is 9.35. The summed E-state index contributed by atoms with van der Waals surface area (Å²) in [6.07, 6.45) is 11.1. The van der Waals surface area contributed by atoms with Crippen LogP contribution >= 0.6 is 0 Å². The summed E-state index contributed by atoms with van der Waals surface area (Å²) in [7, 11) is 1.92. The van der Waals surface area contributed by atoms with Crippen LogP contribution in [0, 0.1) is 6.92 Å². The van der Waals surface area contributed by atoms with Crippen LogP contribution in [-0.2, 0) is 11.8 Å². The lowest BCUT2D eigenvalue weighted by molar-refractivity contribution is 0.0662. The van der Waals surface area contributed by atoms with Crippen molar-refractivity contribution in [2.24, 2.45) is 12.8 Å². The zero-order valence-electron chi connectivity index (χ0n) is 19.7. The first-order chi connectivity index (χ1) is 17.0. The van der Waals surface area contributed by atoms with Crippen molar-refractivity contribution in [3.05, 3.63) is 42.0 Å².